The third-order valence-corrected chi connectivity index (χ3v) is 9.92. The molecule has 7 rings (SSSR count). The SMILES string of the molecule is NCC1(n2cc(Cc3ccc4c5c(cccc35)C(=O)N4C3CCC(=O)NC3=O)cn2)CCN(C(=O)C2(C(F)(F)F)CC2)CC1. The summed E-state index contributed by atoms with van der Waals surface area (Å²) in [6.45, 7) is 0.575. The largest absolute Gasteiger partial charge is 0.403 e. The van der Waals surface area contributed by atoms with Crippen LogP contribution in [0.5, 0.6) is 0 Å². The number of imide groups is 1. The van der Waals surface area contributed by atoms with E-state index in [4.69, 9.17) is 5.73 Å². The predicted molar refractivity (Wildman–Crippen MR) is 153 cm³/mol. The molecule has 0 bridgehead atoms. The Labute approximate surface area is 250 Å². The minimum Gasteiger partial charge on any atom is -0.342 e. The highest BCUT2D eigenvalue weighted by atomic mass is 19.4. The van der Waals surface area contributed by atoms with Crippen LogP contribution in [0.3, 0.4) is 0 Å². The van der Waals surface area contributed by atoms with Gasteiger partial charge in [-0.25, -0.2) is 0 Å². The number of piperidine rings is 2. The summed E-state index contributed by atoms with van der Waals surface area (Å²) in [4.78, 5) is 53.4. The van der Waals surface area contributed by atoms with Gasteiger partial charge in [0.1, 0.15) is 11.5 Å². The van der Waals surface area contributed by atoms with E-state index in [9.17, 15) is 32.3 Å². The van der Waals surface area contributed by atoms with E-state index in [2.05, 4.69) is 10.4 Å². The van der Waals surface area contributed by atoms with Gasteiger partial charge >= 0.3 is 6.18 Å². The van der Waals surface area contributed by atoms with Crippen LogP contribution in [0, 0.1) is 5.41 Å². The Morgan fingerprint density at radius 2 is 1.82 bits per heavy atom. The highest BCUT2D eigenvalue weighted by Crippen LogP contribution is 2.59. The molecule has 2 saturated heterocycles. The van der Waals surface area contributed by atoms with Crippen molar-refractivity contribution in [3.05, 3.63) is 59.4 Å². The number of nitrogens with two attached hydrogens (primary N) is 1. The average molecular weight is 609 g/mol. The molecule has 3 aromatic rings. The number of amides is 4. The molecule has 230 valence electrons. The second kappa shape index (κ2) is 9.88. The summed E-state index contributed by atoms with van der Waals surface area (Å²) in [5.41, 5.74) is 6.34. The standard InChI is InChI=1S/C31H31F3N6O4/c32-31(33,34)30(8-9-30)28(44)38-12-10-29(17-35,11-13-38)39-16-18(15-36-39)14-19-4-5-22-25-20(19)2-1-3-21(25)27(43)40(22)23-6-7-24(41)37-26(23)42/h1-5,15-16,23H,6-14,17,35H2,(H,37,41,42). The van der Waals surface area contributed by atoms with Crippen molar-refractivity contribution in [1.82, 2.24) is 20.0 Å². The van der Waals surface area contributed by atoms with Crippen molar-refractivity contribution < 1.29 is 32.3 Å². The molecule has 4 heterocycles. The van der Waals surface area contributed by atoms with Crippen molar-refractivity contribution >= 4 is 40.1 Å². The van der Waals surface area contributed by atoms with E-state index in [1.165, 1.54) is 9.80 Å². The van der Waals surface area contributed by atoms with Crippen molar-refractivity contribution in [2.45, 2.75) is 62.7 Å². The van der Waals surface area contributed by atoms with Gasteiger partial charge in [0.25, 0.3) is 5.91 Å². The summed E-state index contributed by atoms with van der Waals surface area (Å²) in [6, 6.07) is 8.48. The summed E-state index contributed by atoms with van der Waals surface area (Å²) < 4.78 is 42.4. The number of hydrogen-bond donors (Lipinski definition) is 2. The van der Waals surface area contributed by atoms with Gasteiger partial charge in [0, 0.05) is 49.6 Å². The Balaban J connectivity index is 1.11. The summed E-state index contributed by atoms with van der Waals surface area (Å²) in [5, 5.41) is 8.56. The molecule has 1 saturated carbocycles. The quantitative estimate of drug-likeness (QED) is 0.414. The molecule has 1 unspecified atom stereocenters. The zero-order chi connectivity index (χ0) is 31.0. The Kier molecular flexibility index (Phi) is 6.40. The number of benzene rings is 2. The van der Waals surface area contributed by atoms with Crippen LogP contribution < -0.4 is 16.0 Å². The first-order valence-corrected chi connectivity index (χ1v) is 14.8. The van der Waals surface area contributed by atoms with Gasteiger partial charge in [-0.3, -0.25) is 34.1 Å². The van der Waals surface area contributed by atoms with Crippen LogP contribution in [0.2, 0.25) is 0 Å². The molecular weight excluding hydrogens is 577 g/mol. The van der Waals surface area contributed by atoms with Crippen LogP contribution in [0.4, 0.5) is 18.9 Å². The molecule has 4 aliphatic rings. The van der Waals surface area contributed by atoms with E-state index in [1.807, 2.05) is 30.5 Å². The van der Waals surface area contributed by atoms with E-state index in [0.29, 0.717) is 30.5 Å². The number of rotatable bonds is 6. The summed E-state index contributed by atoms with van der Waals surface area (Å²) in [6.07, 6.45) is 0.475. The van der Waals surface area contributed by atoms with Crippen molar-refractivity contribution in [1.29, 1.82) is 0 Å². The monoisotopic (exact) mass is 608 g/mol. The maximum Gasteiger partial charge on any atom is 0.403 e. The van der Waals surface area contributed by atoms with Crippen LogP contribution in [0.15, 0.2) is 42.7 Å². The third kappa shape index (κ3) is 4.23. The number of likely N-dealkylation sites (tertiary alicyclic amines) is 1. The molecule has 2 aromatic carbocycles. The second-order valence-electron chi connectivity index (χ2n) is 12.4. The maximum atomic E-state index is 13.5. The normalized spacial score (nSPS) is 22.5. The lowest BCUT2D eigenvalue weighted by Gasteiger charge is -2.42. The molecule has 1 aromatic heterocycles. The number of alkyl halides is 3. The number of hydrogen-bond acceptors (Lipinski definition) is 6. The van der Waals surface area contributed by atoms with Crippen molar-refractivity contribution in [3.63, 3.8) is 0 Å². The lowest BCUT2D eigenvalue weighted by atomic mass is 9.86. The van der Waals surface area contributed by atoms with Crippen molar-refractivity contribution in [2.75, 3.05) is 24.5 Å². The van der Waals surface area contributed by atoms with Crippen LogP contribution in [-0.4, -0.2) is 70.2 Å². The molecule has 4 amide bonds. The number of aromatic nitrogens is 2. The van der Waals surface area contributed by atoms with Gasteiger partial charge in [-0.1, -0.05) is 18.2 Å². The Morgan fingerprint density at radius 3 is 2.48 bits per heavy atom. The van der Waals surface area contributed by atoms with Crippen LogP contribution in [0.25, 0.3) is 10.8 Å². The highest BCUT2D eigenvalue weighted by Gasteiger charge is 2.69. The number of nitrogens with one attached hydrogen (secondary N) is 1. The average Bonchev–Trinajstić information content (AvgIpc) is 3.63. The molecule has 3 N–H and O–H groups in total. The fourth-order valence-corrected chi connectivity index (χ4v) is 7.09. The fraction of sp³-hybridized carbons (Fsp3) is 0.452. The Hall–Kier alpha value is -4.26. The first-order valence-electron chi connectivity index (χ1n) is 14.8. The van der Waals surface area contributed by atoms with Gasteiger partial charge in [0.15, 0.2) is 0 Å². The van der Waals surface area contributed by atoms with E-state index in [1.54, 1.807) is 16.9 Å². The molecule has 3 fully saturated rings. The van der Waals surface area contributed by atoms with Crippen molar-refractivity contribution in [3.8, 4) is 0 Å². The number of halogens is 3. The summed E-state index contributed by atoms with van der Waals surface area (Å²) >= 11 is 0. The van der Waals surface area contributed by atoms with Crippen molar-refractivity contribution in [2.24, 2.45) is 11.1 Å². The molecule has 10 nitrogen and oxygen atoms in total. The van der Waals surface area contributed by atoms with Gasteiger partial charge in [0.2, 0.25) is 17.7 Å². The van der Waals surface area contributed by atoms with E-state index < -0.39 is 35.0 Å². The lowest BCUT2D eigenvalue weighted by molar-refractivity contribution is -0.199. The number of anilines is 1. The summed E-state index contributed by atoms with van der Waals surface area (Å²) in [7, 11) is 0. The molecule has 0 radical (unpaired) electrons. The Morgan fingerprint density at radius 1 is 1.07 bits per heavy atom. The number of carbonyl (C=O) groups is 4. The van der Waals surface area contributed by atoms with Crippen LogP contribution in [0.1, 0.15) is 60.0 Å². The molecule has 13 heteroatoms. The molecule has 0 spiro atoms. The number of nitrogens with zero attached hydrogens (tertiary/aromatic N) is 4. The minimum absolute atomic E-state index is 0.156. The maximum absolute atomic E-state index is 13.5. The first kappa shape index (κ1) is 28.5. The smallest absolute Gasteiger partial charge is 0.342 e. The first-order chi connectivity index (χ1) is 21.0. The van der Waals surface area contributed by atoms with Gasteiger partial charge in [0.05, 0.1) is 17.4 Å². The van der Waals surface area contributed by atoms with Gasteiger partial charge in [-0.05, 0) is 60.7 Å². The highest BCUT2D eigenvalue weighted by molar-refractivity contribution is 6.27. The number of carbonyl (C=O) groups excluding carboxylic acids is 4. The third-order valence-electron chi connectivity index (χ3n) is 9.92. The van der Waals surface area contributed by atoms with E-state index >= 15 is 0 Å². The van der Waals surface area contributed by atoms with Crippen LogP contribution >= 0.6 is 0 Å². The minimum atomic E-state index is -4.54. The van der Waals surface area contributed by atoms with Gasteiger partial charge in [-0.2, -0.15) is 18.3 Å². The Bertz CT molecular complexity index is 1720. The van der Waals surface area contributed by atoms with Gasteiger partial charge < -0.3 is 10.6 Å². The molecule has 44 heavy (non-hydrogen) atoms. The molecule has 3 aliphatic heterocycles. The predicted octanol–water partition coefficient (Wildman–Crippen LogP) is 3.01. The van der Waals surface area contributed by atoms with E-state index in [0.717, 1.165) is 21.9 Å². The summed E-state index contributed by atoms with van der Waals surface area (Å²) in [5.74, 6) is -1.94. The molecule has 1 aliphatic carbocycles. The molecule has 1 atom stereocenters. The van der Waals surface area contributed by atoms with Crippen LogP contribution in [-0.2, 0) is 26.3 Å². The topological polar surface area (TPSA) is 131 Å². The van der Waals surface area contributed by atoms with E-state index in [-0.39, 0.29) is 57.1 Å². The zero-order valence-corrected chi connectivity index (χ0v) is 23.8. The molecular formula is C31H31F3N6O4. The lowest BCUT2D eigenvalue weighted by Crippen LogP contribution is -2.54. The van der Waals surface area contributed by atoms with Gasteiger partial charge in [-0.15, -0.1) is 0 Å². The zero-order valence-electron chi connectivity index (χ0n) is 23.8. The fourth-order valence-electron chi connectivity index (χ4n) is 7.09. The second-order valence-corrected chi connectivity index (χ2v) is 12.4.